The van der Waals surface area contributed by atoms with Crippen molar-refractivity contribution in [3.63, 3.8) is 0 Å². The summed E-state index contributed by atoms with van der Waals surface area (Å²) in [6, 6.07) is 0. The molecule has 1 aliphatic heterocycles. The smallest absolute Gasteiger partial charge is 0.114 e. The first-order chi connectivity index (χ1) is 7.45. The number of hydrogen-bond acceptors (Lipinski definition) is 4. The molecule has 0 spiro atoms. The third-order valence-corrected chi connectivity index (χ3v) is 3.22. The van der Waals surface area contributed by atoms with Gasteiger partial charge in [-0.3, -0.25) is 4.68 Å². The maximum absolute atomic E-state index is 10.0. The predicted octanol–water partition coefficient (Wildman–Crippen LogP) is 0.932. The van der Waals surface area contributed by atoms with Crippen molar-refractivity contribution >= 4 is 0 Å². The Hall–Kier alpha value is -0.940. The molecule has 1 aromatic rings. The molecule has 0 bridgehead atoms. The fourth-order valence-corrected chi connectivity index (χ4v) is 1.74. The summed E-state index contributed by atoms with van der Waals surface area (Å²) in [6.07, 6.45) is 2.46. The average molecular weight is 225 g/mol. The quantitative estimate of drug-likeness (QED) is 0.828. The molecular formula is C11H19N3O2. The van der Waals surface area contributed by atoms with E-state index in [0.717, 1.165) is 19.8 Å². The lowest BCUT2D eigenvalue weighted by Crippen LogP contribution is -2.43. The van der Waals surface area contributed by atoms with Gasteiger partial charge in [-0.15, -0.1) is 5.10 Å². The summed E-state index contributed by atoms with van der Waals surface area (Å²) in [4.78, 5) is 0. The van der Waals surface area contributed by atoms with Crippen LogP contribution in [0.2, 0.25) is 0 Å². The van der Waals surface area contributed by atoms with Crippen LogP contribution in [0, 0.1) is 5.41 Å². The van der Waals surface area contributed by atoms with Crippen LogP contribution in [-0.2, 0) is 16.9 Å². The second-order valence-corrected chi connectivity index (χ2v) is 5.23. The molecule has 1 fully saturated rings. The largest absolute Gasteiger partial charge is 0.384 e. The van der Waals surface area contributed by atoms with Crippen molar-refractivity contribution in [1.82, 2.24) is 15.0 Å². The Labute approximate surface area is 95.4 Å². The molecule has 1 atom stereocenters. The topological polar surface area (TPSA) is 60.2 Å². The average Bonchev–Trinajstić information content (AvgIpc) is 2.64. The zero-order valence-electron chi connectivity index (χ0n) is 10.1. The van der Waals surface area contributed by atoms with E-state index in [1.807, 2.05) is 13.1 Å². The highest BCUT2D eigenvalue weighted by Gasteiger charge is 2.34. The molecule has 0 amide bonds. The Balaban J connectivity index is 2.08. The third-order valence-electron chi connectivity index (χ3n) is 3.22. The summed E-state index contributed by atoms with van der Waals surface area (Å²) in [5.74, 6) is 0. The van der Waals surface area contributed by atoms with Crippen molar-refractivity contribution in [2.75, 3.05) is 13.2 Å². The van der Waals surface area contributed by atoms with Crippen molar-refractivity contribution in [1.29, 1.82) is 0 Å². The predicted molar refractivity (Wildman–Crippen MR) is 58.8 cm³/mol. The lowest BCUT2D eigenvalue weighted by atomic mass is 9.89. The molecule has 0 radical (unpaired) electrons. The molecule has 16 heavy (non-hydrogen) atoms. The molecule has 2 heterocycles. The van der Waals surface area contributed by atoms with Crippen molar-refractivity contribution in [2.24, 2.45) is 5.41 Å². The Kier molecular flexibility index (Phi) is 2.75. The van der Waals surface area contributed by atoms with Crippen LogP contribution < -0.4 is 0 Å². The van der Waals surface area contributed by atoms with Gasteiger partial charge < -0.3 is 9.84 Å². The van der Waals surface area contributed by atoms with Crippen LogP contribution in [0.25, 0.3) is 0 Å². The molecule has 0 aromatic carbocycles. The highest BCUT2D eigenvalue weighted by atomic mass is 16.5. The summed E-state index contributed by atoms with van der Waals surface area (Å²) in [5, 5.41) is 18.1. The Morgan fingerprint density at radius 2 is 2.31 bits per heavy atom. The fraction of sp³-hybridized carbons (Fsp3) is 0.818. The van der Waals surface area contributed by atoms with Crippen LogP contribution in [0.15, 0.2) is 6.20 Å². The zero-order chi connectivity index (χ0) is 11.8. The highest BCUT2D eigenvalue weighted by molar-refractivity contribution is 5.04. The van der Waals surface area contributed by atoms with Crippen molar-refractivity contribution in [3.05, 3.63) is 11.9 Å². The number of aliphatic hydroxyl groups is 1. The fourth-order valence-electron chi connectivity index (χ4n) is 1.74. The molecule has 1 aromatic heterocycles. The second-order valence-electron chi connectivity index (χ2n) is 5.23. The van der Waals surface area contributed by atoms with Gasteiger partial charge in [0.05, 0.1) is 26.0 Å². The molecule has 2 rings (SSSR count). The summed E-state index contributed by atoms with van der Waals surface area (Å²) in [6.45, 7) is 8.18. The van der Waals surface area contributed by atoms with Crippen molar-refractivity contribution in [2.45, 2.75) is 39.3 Å². The summed E-state index contributed by atoms with van der Waals surface area (Å²) in [7, 11) is 0. The summed E-state index contributed by atoms with van der Waals surface area (Å²) in [5.41, 5.74) is -0.0722. The van der Waals surface area contributed by atoms with E-state index >= 15 is 0 Å². The number of hydrogen-bond donors (Lipinski definition) is 1. The van der Waals surface area contributed by atoms with Crippen LogP contribution in [0.1, 0.15) is 32.9 Å². The molecule has 1 unspecified atom stereocenters. The van der Waals surface area contributed by atoms with Gasteiger partial charge in [0, 0.05) is 5.41 Å². The van der Waals surface area contributed by atoms with E-state index in [1.165, 1.54) is 0 Å². The van der Waals surface area contributed by atoms with Gasteiger partial charge in [0.1, 0.15) is 11.3 Å². The molecule has 5 nitrogen and oxygen atoms in total. The first kappa shape index (κ1) is 11.5. The number of nitrogens with zero attached hydrogens (tertiary/aromatic N) is 3. The van der Waals surface area contributed by atoms with Crippen molar-refractivity contribution in [3.8, 4) is 0 Å². The number of aromatic nitrogens is 3. The normalized spacial score (nSPS) is 22.5. The highest BCUT2D eigenvalue weighted by Crippen LogP contribution is 2.29. The monoisotopic (exact) mass is 225 g/mol. The van der Waals surface area contributed by atoms with E-state index in [1.54, 1.807) is 11.6 Å². The van der Waals surface area contributed by atoms with Crippen LogP contribution in [0.4, 0.5) is 0 Å². The molecule has 0 aliphatic carbocycles. The van der Waals surface area contributed by atoms with E-state index in [0.29, 0.717) is 12.1 Å². The van der Waals surface area contributed by atoms with Gasteiger partial charge >= 0.3 is 0 Å². The molecule has 5 heteroatoms. The number of ether oxygens (including phenoxy) is 1. The van der Waals surface area contributed by atoms with Crippen LogP contribution in [0.5, 0.6) is 0 Å². The summed E-state index contributed by atoms with van der Waals surface area (Å²) < 4.78 is 6.99. The zero-order valence-corrected chi connectivity index (χ0v) is 10.1. The summed E-state index contributed by atoms with van der Waals surface area (Å²) >= 11 is 0. The number of rotatable bonds is 4. The lowest BCUT2D eigenvalue weighted by molar-refractivity contribution is -0.111. The van der Waals surface area contributed by atoms with Gasteiger partial charge in [-0.2, -0.15) is 0 Å². The van der Waals surface area contributed by atoms with Gasteiger partial charge in [0.2, 0.25) is 0 Å². The van der Waals surface area contributed by atoms with E-state index in [-0.39, 0.29) is 5.41 Å². The van der Waals surface area contributed by atoms with Crippen LogP contribution in [-0.4, -0.2) is 33.3 Å². The van der Waals surface area contributed by atoms with Gasteiger partial charge in [-0.05, 0) is 13.3 Å². The minimum Gasteiger partial charge on any atom is -0.384 e. The Bertz CT molecular complexity index is 369. The Morgan fingerprint density at radius 1 is 1.62 bits per heavy atom. The standard InChI is InChI=1S/C11H19N3O2/c1-4-11(3,15)9-5-14(13-12-9)6-10(2)7-16-8-10/h5,15H,4,6-8H2,1-3H3. The molecule has 0 saturated carbocycles. The molecule has 1 saturated heterocycles. The first-order valence-electron chi connectivity index (χ1n) is 5.66. The van der Waals surface area contributed by atoms with E-state index in [4.69, 9.17) is 4.74 Å². The minimum atomic E-state index is -0.880. The van der Waals surface area contributed by atoms with Crippen molar-refractivity contribution < 1.29 is 9.84 Å². The second kappa shape index (κ2) is 3.82. The lowest BCUT2D eigenvalue weighted by Gasteiger charge is -2.37. The minimum absolute atomic E-state index is 0.170. The molecule has 90 valence electrons. The van der Waals surface area contributed by atoms with Crippen LogP contribution in [0.3, 0.4) is 0 Å². The molecular weight excluding hydrogens is 206 g/mol. The van der Waals surface area contributed by atoms with Gasteiger partial charge in [0.15, 0.2) is 0 Å². The van der Waals surface area contributed by atoms with Gasteiger partial charge in [-0.25, -0.2) is 0 Å². The maximum Gasteiger partial charge on any atom is 0.114 e. The van der Waals surface area contributed by atoms with E-state index in [9.17, 15) is 5.11 Å². The molecule has 1 aliphatic rings. The first-order valence-corrected chi connectivity index (χ1v) is 5.66. The van der Waals surface area contributed by atoms with E-state index < -0.39 is 5.60 Å². The van der Waals surface area contributed by atoms with Gasteiger partial charge in [-0.1, -0.05) is 19.1 Å². The maximum atomic E-state index is 10.0. The van der Waals surface area contributed by atoms with Crippen LogP contribution >= 0.6 is 0 Å². The van der Waals surface area contributed by atoms with E-state index in [2.05, 4.69) is 17.2 Å². The molecule has 1 N–H and O–H groups in total. The SMILES string of the molecule is CCC(C)(O)c1cn(CC2(C)COC2)nn1. The van der Waals surface area contributed by atoms with Gasteiger partial charge in [0.25, 0.3) is 0 Å². The Morgan fingerprint density at radius 3 is 2.81 bits per heavy atom. The third kappa shape index (κ3) is 2.10.